The summed E-state index contributed by atoms with van der Waals surface area (Å²) in [6.45, 7) is 0.773. The Bertz CT molecular complexity index is 1040. The lowest BCUT2D eigenvalue weighted by Gasteiger charge is -2.20. The van der Waals surface area contributed by atoms with Crippen LogP contribution in [0.4, 0.5) is 5.69 Å². The highest BCUT2D eigenvalue weighted by Gasteiger charge is 2.37. The van der Waals surface area contributed by atoms with Crippen molar-refractivity contribution < 1.29 is 23.6 Å². The number of aliphatic carboxylic acids is 1. The first-order chi connectivity index (χ1) is 14.2. The number of nitrogens with two attached hydrogens (primary N) is 1. The maximum Gasteiger partial charge on any atom is 0.303 e. The van der Waals surface area contributed by atoms with Crippen LogP contribution in [0.1, 0.15) is 49.3 Å². The normalized spacial score (nSPS) is 17.2. The van der Waals surface area contributed by atoms with Gasteiger partial charge in [0.05, 0.1) is 27.2 Å². The third kappa shape index (κ3) is 4.75. The van der Waals surface area contributed by atoms with Crippen LogP contribution in [0.2, 0.25) is 10.0 Å². The zero-order valence-corrected chi connectivity index (χ0v) is 19.0. The minimum atomic E-state index is -3.78. The van der Waals surface area contributed by atoms with Crippen LogP contribution in [-0.2, 0) is 14.8 Å². The molecule has 1 atom stereocenters. The lowest BCUT2D eigenvalue weighted by Crippen LogP contribution is -2.85. The van der Waals surface area contributed by atoms with Crippen molar-refractivity contribution in [3.05, 3.63) is 57.6 Å². The average Bonchev–Trinajstić information content (AvgIpc) is 2.76. The molecule has 0 radical (unpaired) electrons. The number of carboxylic acids is 1. The second-order valence-corrected chi connectivity index (χ2v) is 10.1. The highest BCUT2D eigenvalue weighted by molar-refractivity contribution is 7.92. The van der Waals surface area contributed by atoms with E-state index >= 15 is 0 Å². The monoisotopic (exact) mass is 471 g/mol. The molecule has 2 aromatic carbocycles. The van der Waals surface area contributed by atoms with Gasteiger partial charge in [-0.05, 0) is 37.5 Å². The SMILES string of the molecule is CN1c2ccccc2C([NH2+]CCCCCCC(=O)O)c2cc(Cl)c(Cl)cc2S1(=O)=O. The predicted octanol–water partition coefficient (Wildman–Crippen LogP) is 3.82. The molecule has 0 bridgehead atoms. The van der Waals surface area contributed by atoms with E-state index in [2.05, 4.69) is 5.32 Å². The Morgan fingerprint density at radius 1 is 1.07 bits per heavy atom. The Kier molecular flexibility index (Phi) is 7.29. The largest absolute Gasteiger partial charge is 0.481 e. The van der Waals surface area contributed by atoms with Crippen molar-refractivity contribution >= 4 is 44.9 Å². The van der Waals surface area contributed by atoms with Crippen molar-refractivity contribution in [2.24, 2.45) is 0 Å². The van der Waals surface area contributed by atoms with E-state index in [4.69, 9.17) is 28.3 Å². The summed E-state index contributed by atoms with van der Waals surface area (Å²) >= 11 is 12.4. The molecule has 162 valence electrons. The summed E-state index contributed by atoms with van der Waals surface area (Å²) < 4.78 is 27.8. The quantitative estimate of drug-likeness (QED) is 0.572. The standard InChI is InChI=1S/C21H24Cl2N2O4S/c1-25-18-9-6-5-8-14(18)21(24-11-7-3-2-4-10-20(26)27)15-12-16(22)17(23)13-19(15)30(25,28)29/h5-6,8-9,12-13,21,24H,2-4,7,10-11H2,1H3,(H,26,27)/p+1. The molecule has 0 aromatic heterocycles. The minimum absolute atomic E-state index is 0.165. The van der Waals surface area contributed by atoms with Gasteiger partial charge in [-0.25, -0.2) is 8.42 Å². The van der Waals surface area contributed by atoms with Crippen LogP contribution in [0.3, 0.4) is 0 Å². The number of rotatable bonds is 8. The van der Waals surface area contributed by atoms with Gasteiger partial charge in [-0.15, -0.1) is 0 Å². The maximum atomic E-state index is 13.3. The first kappa shape index (κ1) is 22.9. The van der Waals surface area contributed by atoms with Crippen LogP contribution in [0, 0.1) is 0 Å². The maximum absolute atomic E-state index is 13.3. The number of hydrogen-bond acceptors (Lipinski definition) is 3. The third-order valence-corrected chi connectivity index (χ3v) is 7.93. The van der Waals surface area contributed by atoms with Crippen molar-refractivity contribution in [3.8, 4) is 0 Å². The molecule has 0 amide bonds. The smallest absolute Gasteiger partial charge is 0.303 e. The molecule has 6 nitrogen and oxygen atoms in total. The minimum Gasteiger partial charge on any atom is -0.481 e. The van der Waals surface area contributed by atoms with Crippen LogP contribution in [0.25, 0.3) is 0 Å². The zero-order chi connectivity index (χ0) is 21.9. The number of hydrogen-bond donors (Lipinski definition) is 2. The van der Waals surface area contributed by atoms with E-state index in [1.165, 1.54) is 10.4 Å². The van der Waals surface area contributed by atoms with Gasteiger partial charge in [0.25, 0.3) is 10.0 Å². The van der Waals surface area contributed by atoms with Crippen LogP contribution in [0.5, 0.6) is 0 Å². The van der Waals surface area contributed by atoms with Gasteiger partial charge in [0, 0.05) is 24.6 Å². The molecular formula is C21H25Cl2N2O4S+. The van der Waals surface area contributed by atoms with E-state index in [-0.39, 0.29) is 22.4 Å². The number of carboxylic acid groups (broad SMARTS) is 1. The van der Waals surface area contributed by atoms with Crippen LogP contribution in [-0.4, -0.2) is 33.1 Å². The fraction of sp³-hybridized carbons (Fsp3) is 0.381. The number of halogens is 2. The summed E-state index contributed by atoms with van der Waals surface area (Å²) in [4.78, 5) is 10.8. The van der Waals surface area contributed by atoms with E-state index in [0.717, 1.165) is 31.4 Å². The van der Waals surface area contributed by atoms with Crippen molar-refractivity contribution in [1.82, 2.24) is 0 Å². The Morgan fingerprint density at radius 2 is 1.73 bits per heavy atom. The summed E-state index contributed by atoms with van der Waals surface area (Å²) in [7, 11) is -2.23. The number of fused-ring (bicyclic) bond motifs is 2. The first-order valence-corrected chi connectivity index (χ1v) is 12.0. The number of quaternary nitrogens is 1. The van der Waals surface area contributed by atoms with E-state index in [1.807, 2.05) is 18.2 Å². The molecule has 0 saturated carbocycles. The van der Waals surface area contributed by atoms with Gasteiger partial charge in [0.2, 0.25) is 0 Å². The van der Waals surface area contributed by atoms with E-state index in [9.17, 15) is 13.2 Å². The van der Waals surface area contributed by atoms with Gasteiger partial charge in [-0.1, -0.05) is 47.8 Å². The third-order valence-electron chi connectivity index (χ3n) is 5.38. The fourth-order valence-electron chi connectivity index (χ4n) is 3.80. The molecule has 1 aliphatic rings. The van der Waals surface area contributed by atoms with E-state index in [1.54, 1.807) is 19.2 Å². The zero-order valence-electron chi connectivity index (χ0n) is 16.6. The summed E-state index contributed by atoms with van der Waals surface area (Å²) in [6, 6.07) is 10.3. The first-order valence-electron chi connectivity index (χ1n) is 9.85. The Balaban J connectivity index is 1.90. The van der Waals surface area contributed by atoms with Gasteiger partial charge in [-0.3, -0.25) is 9.10 Å². The molecule has 0 aliphatic carbocycles. The highest BCUT2D eigenvalue weighted by Crippen LogP contribution is 2.41. The second-order valence-electron chi connectivity index (χ2n) is 7.40. The molecule has 0 fully saturated rings. The van der Waals surface area contributed by atoms with E-state index in [0.29, 0.717) is 22.7 Å². The number of unbranched alkanes of at least 4 members (excludes halogenated alkanes) is 3. The van der Waals surface area contributed by atoms with Crippen molar-refractivity contribution in [3.63, 3.8) is 0 Å². The van der Waals surface area contributed by atoms with Gasteiger partial charge < -0.3 is 10.4 Å². The lowest BCUT2D eigenvalue weighted by atomic mass is 9.96. The molecule has 30 heavy (non-hydrogen) atoms. The van der Waals surface area contributed by atoms with Crippen molar-refractivity contribution in [1.29, 1.82) is 0 Å². The second kappa shape index (κ2) is 9.56. The summed E-state index contributed by atoms with van der Waals surface area (Å²) in [5.41, 5.74) is 2.14. The summed E-state index contributed by atoms with van der Waals surface area (Å²) in [5, 5.41) is 11.4. The molecule has 1 aliphatic heterocycles. The van der Waals surface area contributed by atoms with Gasteiger partial charge in [0.15, 0.2) is 0 Å². The van der Waals surface area contributed by atoms with Crippen molar-refractivity contribution in [2.75, 3.05) is 17.9 Å². The number of nitrogens with zero attached hydrogens (tertiary/aromatic N) is 1. The van der Waals surface area contributed by atoms with E-state index < -0.39 is 16.0 Å². The highest BCUT2D eigenvalue weighted by atomic mass is 35.5. The molecular weight excluding hydrogens is 447 g/mol. The van der Waals surface area contributed by atoms with Gasteiger partial charge in [0.1, 0.15) is 6.04 Å². The Hall–Kier alpha value is -1.80. The molecule has 0 spiro atoms. The molecule has 3 N–H and O–H groups in total. The molecule has 1 unspecified atom stereocenters. The van der Waals surface area contributed by atoms with Gasteiger partial charge in [-0.2, -0.15) is 0 Å². The predicted molar refractivity (Wildman–Crippen MR) is 118 cm³/mol. The lowest BCUT2D eigenvalue weighted by molar-refractivity contribution is -0.687. The number of para-hydroxylation sites is 1. The van der Waals surface area contributed by atoms with Crippen LogP contribution in [0.15, 0.2) is 41.3 Å². The molecule has 0 saturated heterocycles. The molecule has 3 rings (SSSR count). The molecule has 2 aromatic rings. The number of carbonyl (C=O) groups is 1. The molecule has 1 heterocycles. The summed E-state index contributed by atoms with van der Waals surface area (Å²) in [5.74, 6) is -0.769. The average molecular weight is 472 g/mol. The molecule has 9 heteroatoms. The van der Waals surface area contributed by atoms with Gasteiger partial charge >= 0.3 is 5.97 Å². The fourth-order valence-corrected chi connectivity index (χ4v) is 5.68. The van der Waals surface area contributed by atoms with Crippen molar-refractivity contribution in [2.45, 2.75) is 43.0 Å². The number of benzene rings is 2. The number of sulfonamides is 1. The Morgan fingerprint density at radius 3 is 2.47 bits per heavy atom. The topological polar surface area (TPSA) is 91.3 Å². The van der Waals surface area contributed by atoms with Crippen LogP contribution < -0.4 is 9.62 Å². The van der Waals surface area contributed by atoms with Crippen LogP contribution >= 0.6 is 23.2 Å². The summed E-state index contributed by atoms with van der Waals surface area (Å²) in [6.07, 6.45) is 3.54. The number of anilines is 1. The Labute approximate surface area is 186 Å².